The number of aryl methyl sites for hydroxylation is 2. The predicted molar refractivity (Wildman–Crippen MR) is 91.2 cm³/mol. The van der Waals surface area contributed by atoms with Crippen LogP contribution in [0.3, 0.4) is 0 Å². The molecular weight excluding hydrogens is 328 g/mol. The summed E-state index contributed by atoms with van der Waals surface area (Å²) >= 11 is 0. The third kappa shape index (κ3) is 4.90. The number of amides is 1. The molecule has 0 aliphatic heterocycles. The summed E-state index contributed by atoms with van der Waals surface area (Å²) in [5.74, 6) is -0.223. The van der Waals surface area contributed by atoms with Crippen LogP contribution in [0.5, 0.6) is 0 Å². The van der Waals surface area contributed by atoms with Crippen LogP contribution in [0.1, 0.15) is 29.3 Å². The van der Waals surface area contributed by atoms with Crippen molar-refractivity contribution < 1.29 is 13.2 Å². The van der Waals surface area contributed by atoms with Crippen LogP contribution in [0, 0.1) is 6.92 Å². The molecule has 2 aromatic rings. The van der Waals surface area contributed by atoms with Crippen LogP contribution < -0.4 is 10.0 Å². The van der Waals surface area contributed by atoms with Gasteiger partial charge in [0, 0.05) is 31.4 Å². The number of carbonyl (C=O) groups is 1. The summed E-state index contributed by atoms with van der Waals surface area (Å²) in [5, 5.41) is 6.99. The first-order valence-corrected chi connectivity index (χ1v) is 9.27. The Labute approximate surface area is 142 Å². The van der Waals surface area contributed by atoms with E-state index in [9.17, 15) is 13.2 Å². The zero-order chi connectivity index (χ0) is 17.6. The van der Waals surface area contributed by atoms with Crippen LogP contribution >= 0.6 is 0 Å². The highest BCUT2D eigenvalue weighted by Gasteiger charge is 2.13. The molecule has 0 saturated heterocycles. The molecule has 2 N–H and O–H groups in total. The number of rotatable bonds is 8. The lowest BCUT2D eigenvalue weighted by molar-refractivity contribution is 0.0952. The van der Waals surface area contributed by atoms with Gasteiger partial charge in [-0.05, 0) is 43.2 Å². The zero-order valence-electron chi connectivity index (χ0n) is 13.8. The Morgan fingerprint density at radius 3 is 2.54 bits per heavy atom. The average molecular weight is 350 g/mol. The summed E-state index contributed by atoms with van der Waals surface area (Å²) in [6.07, 6.45) is 4.51. The lowest BCUT2D eigenvalue weighted by Gasteiger charge is -2.07. The number of nitrogens with zero attached hydrogens (tertiary/aromatic N) is 2. The van der Waals surface area contributed by atoms with E-state index in [-0.39, 0.29) is 10.8 Å². The van der Waals surface area contributed by atoms with Crippen LogP contribution in [0.4, 0.5) is 0 Å². The standard InChI is InChI=1S/C16H22N4O3S/c1-3-19-24(22,23)15-7-5-14(6-8-15)16(21)17-9-4-10-20-12-13(2)11-18-20/h5-8,11-12,19H,3-4,9-10H2,1-2H3,(H,17,21). The van der Waals surface area contributed by atoms with E-state index in [4.69, 9.17) is 0 Å². The molecule has 2 rings (SSSR count). The molecule has 0 atom stereocenters. The largest absolute Gasteiger partial charge is 0.352 e. The van der Waals surface area contributed by atoms with Crippen molar-refractivity contribution in [3.63, 3.8) is 0 Å². The monoisotopic (exact) mass is 350 g/mol. The lowest BCUT2D eigenvalue weighted by Crippen LogP contribution is -2.26. The maximum Gasteiger partial charge on any atom is 0.251 e. The molecule has 1 heterocycles. The summed E-state index contributed by atoms with van der Waals surface area (Å²) in [5.41, 5.74) is 1.53. The first-order valence-electron chi connectivity index (χ1n) is 7.79. The van der Waals surface area contributed by atoms with Crippen LogP contribution in [0.2, 0.25) is 0 Å². The number of hydrogen-bond donors (Lipinski definition) is 2. The van der Waals surface area contributed by atoms with E-state index in [1.165, 1.54) is 24.3 Å². The van der Waals surface area contributed by atoms with Gasteiger partial charge in [-0.15, -0.1) is 0 Å². The number of hydrogen-bond acceptors (Lipinski definition) is 4. The van der Waals surface area contributed by atoms with Crippen molar-refractivity contribution in [1.82, 2.24) is 19.8 Å². The molecule has 1 aromatic heterocycles. The predicted octanol–water partition coefficient (Wildman–Crippen LogP) is 1.31. The van der Waals surface area contributed by atoms with E-state index in [0.29, 0.717) is 18.7 Å². The van der Waals surface area contributed by atoms with Gasteiger partial charge in [-0.2, -0.15) is 5.10 Å². The minimum Gasteiger partial charge on any atom is -0.352 e. The molecule has 0 aliphatic rings. The topological polar surface area (TPSA) is 93.1 Å². The molecular formula is C16H22N4O3S. The van der Waals surface area contributed by atoms with E-state index in [0.717, 1.165) is 18.5 Å². The summed E-state index contributed by atoms with van der Waals surface area (Å²) in [6, 6.07) is 5.88. The second-order valence-electron chi connectivity index (χ2n) is 5.42. The molecule has 0 radical (unpaired) electrons. The Bertz CT molecular complexity index is 782. The second-order valence-corrected chi connectivity index (χ2v) is 7.18. The number of carbonyl (C=O) groups excluding carboxylic acids is 1. The Balaban J connectivity index is 1.84. The van der Waals surface area contributed by atoms with Gasteiger partial charge in [0.25, 0.3) is 5.91 Å². The van der Waals surface area contributed by atoms with Crippen LogP contribution in [0.15, 0.2) is 41.6 Å². The van der Waals surface area contributed by atoms with Gasteiger partial charge in [0.05, 0.1) is 11.1 Å². The average Bonchev–Trinajstić information content (AvgIpc) is 2.97. The first kappa shape index (κ1) is 18.2. The Kier molecular flexibility index (Phi) is 6.10. The summed E-state index contributed by atoms with van der Waals surface area (Å²) in [6.45, 7) is 5.26. The lowest BCUT2D eigenvalue weighted by atomic mass is 10.2. The highest BCUT2D eigenvalue weighted by molar-refractivity contribution is 7.89. The molecule has 7 nitrogen and oxygen atoms in total. The van der Waals surface area contributed by atoms with Crippen molar-refractivity contribution in [2.24, 2.45) is 0 Å². The fraction of sp³-hybridized carbons (Fsp3) is 0.375. The van der Waals surface area contributed by atoms with Gasteiger partial charge >= 0.3 is 0 Å². The van der Waals surface area contributed by atoms with Crippen molar-refractivity contribution in [3.05, 3.63) is 47.8 Å². The third-order valence-electron chi connectivity index (χ3n) is 3.37. The molecule has 1 amide bonds. The molecule has 8 heteroatoms. The van der Waals surface area contributed by atoms with Gasteiger partial charge in [-0.25, -0.2) is 13.1 Å². The molecule has 24 heavy (non-hydrogen) atoms. The number of benzene rings is 1. The van der Waals surface area contributed by atoms with E-state index in [1.807, 2.05) is 17.8 Å². The van der Waals surface area contributed by atoms with E-state index < -0.39 is 10.0 Å². The molecule has 0 spiro atoms. The summed E-state index contributed by atoms with van der Waals surface area (Å²) < 4.78 is 27.9. The maximum atomic E-state index is 12.0. The van der Waals surface area contributed by atoms with Gasteiger partial charge in [-0.3, -0.25) is 9.48 Å². The second kappa shape index (κ2) is 8.07. The van der Waals surface area contributed by atoms with Crippen molar-refractivity contribution in [1.29, 1.82) is 0 Å². The third-order valence-corrected chi connectivity index (χ3v) is 4.93. The molecule has 0 fully saturated rings. The molecule has 0 unspecified atom stereocenters. The Morgan fingerprint density at radius 1 is 1.25 bits per heavy atom. The molecule has 0 aliphatic carbocycles. The minimum absolute atomic E-state index is 0.148. The first-order chi connectivity index (χ1) is 11.4. The van der Waals surface area contributed by atoms with E-state index in [1.54, 1.807) is 13.1 Å². The van der Waals surface area contributed by atoms with Crippen LogP contribution in [-0.2, 0) is 16.6 Å². The Hall–Kier alpha value is -2.19. The highest BCUT2D eigenvalue weighted by atomic mass is 32.2. The molecule has 1 aromatic carbocycles. The van der Waals surface area contributed by atoms with Gasteiger partial charge in [0.2, 0.25) is 10.0 Å². The van der Waals surface area contributed by atoms with Crippen LogP contribution in [0.25, 0.3) is 0 Å². The molecule has 0 saturated carbocycles. The number of sulfonamides is 1. The summed E-state index contributed by atoms with van der Waals surface area (Å²) in [4.78, 5) is 12.2. The highest BCUT2D eigenvalue weighted by Crippen LogP contribution is 2.10. The maximum absolute atomic E-state index is 12.0. The zero-order valence-corrected chi connectivity index (χ0v) is 14.6. The van der Waals surface area contributed by atoms with Crippen molar-refractivity contribution in [2.75, 3.05) is 13.1 Å². The smallest absolute Gasteiger partial charge is 0.251 e. The fourth-order valence-corrected chi connectivity index (χ4v) is 3.23. The fourth-order valence-electron chi connectivity index (χ4n) is 2.19. The molecule has 130 valence electrons. The van der Waals surface area contributed by atoms with Gasteiger partial charge in [0.1, 0.15) is 0 Å². The number of nitrogens with one attached hydrogen (secondary N) is 2. The van der Waals surface area contributed by atoms with Gasteiger partial charge in [0.15, 0.2) is 0 Å². The minimum atomic E-state index is -3.49. The van der Waals surface area contributed by atoms with Crippen molar-refractivity contribution in [3.8, 4) is 0 Å². The normalized spacial score (nSPS) is 11.4. The number of aromatic nitrogens is 2. The van der Waals surface area contributed by atoms with Crippen molar-refractivity contribution in [2.45, 2.75) is 31.7 Å². The van der Waals surface area contributed by atoms with Crippen LogP contribution in [-0.4, -0.2) is 37.2 Å². The van der Waals surface area contributed by atoms with E-state index in [2.05, 4.69) is 15.1 Å². The van der Waals surface area contributed by atoms with E-state index >= 15 is 0 Å². The van der Waals surface area contributed by atoms with Gasteiger partial charge < -0.3 is 5.32 Å². The van der Waals surface area contributed by atoms with Gasteiger partial charge in [-0.1, -0.05) is 6.92 Å². The molecule has 0 bridgehead atoms. The summed E-state index contributed by atoms with van der Waals surface area (Å²) in [7, 11) is -3.49. The SMILES string of the molecule is CCNS(=O)(=O)c1ccc(C(=O)NCCCn2cc(C)cn2)cc1. The quantitative estimate of drug-likeness (QED) is 0.702. The Morgan fingerprint density at radius 2 is 1.96 bits per heavy atom. The van der Waals surface area contributed by atoms with Crippen molar-refractivity contribution >= 4 is 15.9 Å².